The van der Waals surface area contributed by atoms with Gasteiger partial charge in [0, 0.05) is 37.7 Å². The molecule has 1 fully saturated rings. The summed E-state index contributed by atoms with van der Waals surface area (Å²) in [6, 6.07) is 9.90. The zero-order chi connectivity index (χ0) is 20.1. The first-order valence-electron chi connectivity index (χ1n) is 10.1. The van der Waals surface area contributed by atoms with Gasteiger partial charge in [-0.05, 0) is 18.9 Å². The number of oxazole rings is 1. The predicted octanol–water partition coefficient (Wildman–Crippen LogP) is 3.10. The summed E-state index contributed by atoms with van der Waals surface area (Å²) in [5.41, 5.74) is 2.13. The molecular formula is C22H26N4O3. The Morgan fingerprint density at radius 1 is 1.24 bits per heavy atom. The summed E-state index contributed by atoms with van der Waals surface area (Å²) in [7, 11) is 0. The van der Waals surface area contributed by atoms with Crippen molar-refractivity contribution in [3.63, 3.8) is 0 Å². The normalized spacial score (nSPS) is 16.9. The fourth-order valence-corrected chi connectivity index (χ4v) is 3.54. The van der Waals surface area contributed by atoms with Crippen LogP contribution in [0, 0.1) is 6.92 Å². The number of morpholine rings is 1. The summed E-state index contributed by atoms with van der Waals surface area (Å²) in [6.07, 6.45) is 7.40. The topological polar surface area (TPSA) is 73.4 Å². The average Bonchev–Trinajstić information content (AvgIpc) is 3.38. The molecule has 0 bridgehead atoms. The molecule has 1 saturated heterocycles. The highest BCUT2D eigenvalue weighted by Gasteiger charge is 2.24. The van der Waals surface area contributed by atoms with Gasteiger partial charge >= 0.3 is 0 Å². The molecule has 3 heterocycles. The van der Waals surface area contributed by atoms with Gasteiger partial charge in [0.2, 0.25) is 5.91 Å². The van der Waals surface area contributed by atoms with E-state index < -0.39 is 0 Å². The van der Waals surface area contributed by atoms with Crippen LogP contribution >= 0.6 is 0 Å². The van der Waals surface area contributed by atoms with Crippen molar-refractivity contribution < 1.29 is 13.9 Å². The molecule has 0 spiro atoms. The lowest BCUT2D eigenvalue weighted by atomic mass is 10.2. The highest BCUT2D eigenvalue weighted by Crippen LogP contribution is 2.20. The third kappa shape index (κ3) is 5.12. The SMILES string of the molecule is Cc1cnn(C[C@@H]2CN(C(=O)CCCc3ncc(-c4ccccc4)o3)CCO2)c1. The Labute approximate surface area is 170 Å². The molecule has 0 N–H and O–H groups in total. The van der Waals surface area contributed by atoms with Gasteiger partial charge in [-0.3, -0.25) is 9.48 Å². The highest BCUT2D eigenvalue weighted by atomic mass is 16.5. The maximum atomic E-state index is 12.6. The minimum Gasteiger partial charge on any atom is -0.441 e. The highest BCUT2D eigenvalue weighted by molar-refractivity contribution is 5.76. The maximum absolute atomic E-state index is 12.6. The standard InChI is InChI=1S/C22H26N4O3/c1-17-12-24-26(14-17)16-19-15-25(10-11-28-19)22(27)9-5-8-21-23-13-20(29-21)18-6-3-2-4-7-18/h2-4,6-7,12-14,19H,5,8-11,15-16H2,1H3/t19-/m0/s1. The second kappa shape index (κ2) is 9.05. The van der Waals surface area contributed by atoms with Gasteiger partial charge in [0.1, 0.15) is 0 Å². The third-order valence-corrected chi connectivity index (χ3v) is 5.04. The number of rotatable bonds is 7. The van der Waals surface area contributed by atoms with E-state index in [0.717, 1.165) is 16.9 Å². The van der Waals surface area contributed by atoms with E-state index in [-0.39, 0.29) is 12.0 Å². The van der Waals surface area contributed by atoms with Crippen LogP contribution in [-0.4, -0.2) is 51.4 Å². The van der Waals surface area contributed by atoms with Crippen LogP contribution in [0.1, 0.15) is 24.3 Å². The van der Waals surface area contributed by atoms with Crippen LogP contribution in [-0.2, 0) is 22.5 Å². The molecule has 1 atom stereocenters. The molecule has 1 aromatic carbocycles. The third-order valence-electron chi connectivity index (χ3n) is 5.04. The predicted molar refractivity (Wildman–Crippen MR) is 108 cm³/mol. The van der Waals surface area contributed by atoms with Crippen LogP contribution in [0.5, 0.6) is 0 Å². The minimum absolute atomic E-state index is 0.0211. The minimum atomic E-state index is -0.0211. The number of carbonyl (C=O) groups excluding carboxylic acids is 1. The largest absolute Gasteiger partial charge is 0.441 e. The molecule has 7 nitrogen and oxygen atoms in total. The molecule has 1 amide bonds. The van der Waals surface area contributed by atoms with Gasteiger partial charge in [-0.25, -0.2) is 4.98 Å². The van der Waals surface area contributed by atoms with Crippen molar-refractivity contribution in [2.24, 2.45) is 0 Å². The second-order valence-electron chi connectivity index (χ2n) is 7.41. The zero-order valence-corrected chi connectivity index (χ0v) is 16.7. The summed E-state index contributed by atoms with van der Waals surface area (Å²) in [5, 5.41) is 4.30. The maximum Gasteiger partial charge on any atom is 0.222 e. The molecule has 2 aromatic heterocycles. The van der Waals surface area contributed by atoms with Crippen LogP contribution in [0.2, 0.25) is 0 Å². The lowest BCUT2D eigenvalue weighted by molar-refractivity contribution is -0.139. The number of carbonyl (C=O) groups is 1. The van der Waals surface area contributed by atoms with E-state index in [2.05, 4.69) is 10.1 Å². The quantitative estimate of drug-likeness (QED) is 0.616. The average molecular weight is 394 g/mol. The molecule has 7 heteroatoms. The zero-order valence-electron chi connectivity index (χ0n) is 16.7. The van der Waals surface area contributed by atoms with Gasteiger partial charge < -0.3 is 14.1 Å². The van der Waals surface area contributed by atoms with Gasteiger partial charge in [-0.2, -0.15) is 5.10 Å². The van der Waals surface area contributed by atoms with Crippen LogP contribution in [0.3, 0.4) is 0 Å². The van der Waals surface area contributed by atoms with E-state index >= 15 is 0 Å². The Bertz CT molecular complexity index is 934. The molecule has 0 radical (unpaired) electrons. The Kier molecular flexibility index (Phi) is 6.05. The molecule has 0 aliphatic carbocycles. The van der Waals surface area contributed by atoms with Crippen molar-refractivity contribution >= 4 is 5.91 Å². The van der Waals surface area contributed by atoms with Gasteiger partial charge in [-0.15, -0.1) is 0 Å². The fourth-order valence-electron chi connectivity index (χ4n) is 3.54. The van der Waals surface area contributed by atoms with Gasteiger partial charge in [0.25, 0.3) is 0 Å². The van der Waals surface area contributed by atoms with E-state index in [4.69, 9.17) is 9.15 Å². The summed E-state index contributed by atoms with van der Waals surface area (Å²) < 4.78 is 13.5. The van der Waals surface area contributed by atoms with E-state index in [0.29, 0.717) is 51.4 Å². The summed E-state index contributed by atoms with van der Waals surface area (Å²) in [5.74, 6) is 1.59. The Morgan fingerprint density at radius 2 is 2.10 bits per heavy atom. The smallest absolute Gasteiger partial charge is 0.222 e. The van der Waals surface area contributed by atoms with Gasteiger partial charge in [0.15, 0.2) is 11.7 Å². The molecule has 0 saturated carbocycles. The molecule has 4 rings (SSSR count). The molecule has 1 aliphatic heterocycles. The van der Waals surface area contributed by atoms with Crippen molar-refractivity contribution in [2.45, 2.75) is 38.8 Å². The number of hydrogen-bond acceptors (Lipinski definition) is 5. The number of benzene rings is 1. The number of aromatic nitrogens is 3. The van der Waals surface area contributed by atoms with Gasteiger partial charge in [-0.1, -0.05) is 30.3 Å². The number of nitrogens with zero attached hydrogens (tertiary/aromatic N) is 4. The van der Waals surface area contributed by atoms with Crippen molar-refractivity contribution in [3.05, 3.63) is 60.4 Å². The van der Waals surface area contributed by atoms with Gasteiger partial charge in [0.05, 0.1) is 31.6 Å². The summed E-state index contributed by atoms with van der Waals surface area (Å²) >= 11 is 0. The van der Waals surface area contributed by atoms with Crippen LogP contribution in [0.15, 0.2) is 53.3 Å². The first-order chi connectivity index (χ1) is 14.2. The Morgan fingerprint density at radius 3 is 2.90 bits per heavy atom. The first-order valence-corrected chi connectivity index (χ1v) is 10.1. The second-order valence-corrected chi connectivity index (χ2v) is 7.41. The Balaban J connectivity index is 1.24. The molecule has 152 valence electrons. The number of hydrogen-bond donors (Lipinski definition) is 0. The molecule has 3 aromatic rings. The number of ether oxygens (including phenoxy) is 1. The van der Waals surface area contributed by atoms with E-state index in [1.165, 1.54) is 0 Å². The van der Waals surface area contributed by atoms with Crippen LogP contribution in [0.25, 0.3) is 11.3 Å². The van der Waals surface area contributed by atoms with Crippen molar-refractivity contribution in [1.82, 2.24) is 19.7 Å². The van der Waals surface area contributed by atoms with E-state index in [9.17, 15) is 4.79 Å². The van der Waals surface area contributed by atoms with Crippen molar-refractivity contribution in [2.75, 3.05) is 19.7 Å². The van der Waals surface area contributed by atoms with Crippen LogP contribution in [0.4, 0.5) is 0 Å². The van der Waals surface area contributed by atoms with Crippen molar-refractivity contribution in [1.29, 1.82) is 0 Å². The van der Waals surface area contributed by atoms with Crippen LogP contribution < -0.4 is 0 Å². The molecule has 1 aliphatic rings. The fraction of sp³-hybridized carbons (Fsp3) is 0.409. The number of amides is 1. The summed E-state index contributed by atoms with van der Waals surface area (Å²) in [4.78, 5) is 18.9. The lowest BCUT2D eigenvalue weighted by Gasteiger charge is -2.33. The molecule has 0 unspecified atom stereocenters. The Hall–Kier alpha value is -2.93. The van der Waals surface area contributed by atoms with E-state index in [1.807, 2.05) is 59.2 Å². The van der Waals surface area contributed by atoms with E-state index in [1.54, 1.807) is 6.20 Å². The monoisotopic (exact) mass is 394 g/mol. The first kappa shape index (κ1) is 19.4. The number of aryl methyl sites for hydroxylation is 2. The molecule has 29 heavy (non-hydrogen) atoms. The van der Waals surface area contributed by atoms with Crippen molar-refractivity contribution in [3.8, 4) is 11.3 Å². The summed E-state index contributed by atoms with van der Waals surface area (Å²) in [6.45, 7) is 4.49. The molecular weight excluding hydrogens is 368 g/mol. The lowest BCUT2D eigenvalue weighted by Crippen LogP contribution is -2.47.